The number of hydrogen-bond acceptors (Lipinski definition) is 5. The van der Waals surface area contributed by atoms with Crippen molar-refractivity contribution in [3.63, 3.8) is 0 Å². The van der Waals surface area contributed by atoms with E-state index in [1.165, 1.54) is 6.07 Å². The van der Waals surface area contributed by atoms with Crippen LogP contribution in [0.1, 0.15) is 55.6 Å². The van der Waals surface area contributed by atoms with E-state index in [2.05, 4.69) is 12.2 Å². The number of likely N-dealkylation sites (tertiary alicyclic amines) is 1. The minimum absolute atomic E-state index is 0.00884. The number of piperidine rings is 1. The van der Waals surface area contributed by atoms with Gasteiger partial charge in [0.25, 0.3) is 5.91 Å². The Labute approximate surface area is 234 Å². The van der Waals surface area contributed by atoms with Crippen molar-refractivity contribution in [3.05, 3.63) is 58.9 Å². The van der Waals surface area contributed by atoms with Gasteiger partial charge in [0.05, 0.1) is 6.17 Å². The largest absolute Gasteiger partial charge is 0.444 e. The lowest BCUT2D eigenvalue weighted by atomic mass is 9.94. The zero-order chi connectivity index (χ0) is 28.7. The smallest absolute Gasteiger partial charge is 0.411 e. The third-order valence-corrected chi connectivity index (χ3v) is 9.15. The van der Waals surface area contributed by atoms with Gasteiger partial charge in [0.1, 0.15) is 17.5 Å². The molecule has 2 aliphatic heterocycles. The Balaban J connectivity index is 1.14. The average Bonchev–Trinajstić information content (AvgIpc) is 3.15. The molecule has 0 radical (unpaired) electrons. The Kier molecular flexibility index (Phi) is 6.22. The second-order valence-corrected chi connectivity index (χ2v) is 13.0. The van der Waals surface area contributed by atoms with Crippen LogP contribution in [0.15, 0.2) is 36.4 Å². The van der Waals surface area contributed by atoms with Crippen molar-refractivity contribution >= 4 is 17.9 Å². The fourth-order valence-electron chi connectivity index (χ4n) is 7.43. The average molecular weight is 549 g/mol. The summed E-state index contributed by atoms with van der Waals surface area (Å²) in [5, 5.41) is 2.85. The fourth-order valence-corrected chi connectivity index (χ4v) is 7.43. The Morgan fingerprint density at radius 1 is 1.15 bits per heavy atom. The van der Waals surface area contributed by atoms with Crippen molar-refractivity contribution in [2.24, 2.45) is 29.4 Å². The van der Waals surface area contributed by atoms with Crippen LogP contribution in [0.4, 0.5) is 9.18 Å². The van der Waals surface area contributed by atoms with Crippen LogP contribution in [0, 0.1) is 29.5 Å². The Hall–Kier alpha value is -3.46. The highest BCUT2D eigenvalue weighted by atomic mass is 19.1. The number of nitrogens with zero attached hydrogens (tertiary/aromatic N) is 2. The number of halogens is 1. The van der Waals surface area contributed by atoms with Crippen molar-refractivity contribution in [1.29, 1.82) is 0 Å². The number of carbonyl (C=O) groups excluding carboxylic acids is 3. The highest BCUT2D eigenvalue weighted by Crippen LogP contribution is 2.67. The maximum Gasteiger partial charge on any atom is 0.411 e. The lowest BCUT2D eigenvalue weighted by molar-refractivity contribution is -0.128. The molecule has 3 amide bonds. The molecule has 4 aliphatic rings. The Morgan fingerprint density at radius 2 is 1.85 bits per heavy atom. The molecule has 2 aliphatic carbocycles. The van der Waals surface area contributed by atoms with Gasteiger partial charge in [-0.15, -0.1) is 0 Å². The summed E-state index contributed by atoms with van der Waals surface area (Å²) in [4.78, 5) is 42.1. The lowest BCUT2D eigenvalue weighted by Crippen LogP contribution is -2.57. The van der Waals surface area contributed by atoms with Gasteiger partial charge in [-0.1, -0.05) is 25.1 Å². The zero-order valence-electron chi connectivity index (χ0n) is 23.6. The second-order valence-electron chi connectivity index (χ2n) is 13.0. The van der Waals surface area contributed by atoms with Crippen LogP contribution in [0.3, 0.4) is 0 Å². The molecule has 3 fully saturated rings. The summed E-state index contributed by atoms with van der Waals surface area (Å²) in [6.07, 6.45) is -0.371. The van der Waals surface area contributed by atoms with Crippen LogP contribution in [0.2, 0.25) is 0 Å². The van der Waals surface area contributed by atoms with E-state index in [-0.39, 0.29) is 30.2 Å². The maximum atomic E-state index is 15.2. The molecule has 8 nitrogen and oxygen atoms in total. The summed E-state index contributed by atoms with van der Waals surface area (Å²) in [7, 11) is 1.76. The molecule has 2 aromatic carbocycles. The minimum Gasteiger partial charge on any atom is -0.444 e. The molecule has 6 rings (SSSR count). The predicted octanol–water partition coefficient (Wildman–Crippen LogP) is 3.91. The minimum atomic E-state index is -0.818. The van der Waals surface area contributed by atoms with Gasteiger partial charge in [-0.3, -0.25) is 14.5 Å². The first-order valence-electron chi connectivity index (χ1n) is 14.1. The van der Waals surface area contributed by atoms with Gasteiger partial charge < -0.3 is 20.7 Å². The van der Waals surface area contributed by atoms with E-state index in [0.717, 1.165) is 17.5 Å². The van der Waals surface area contributed by atoms with Crippen molar-refractivity contribution < 1.29 is 23.5 Å². The third kappa shape index (κ3) is 4.44. The molecule has 7 unspecified atom stereocenters. The van der Waals surface area contributed by atoms with Crippen LogP contribution < -0.4 is 11.1 Å². The predicted molar refractivity (Wildman–Crippen MR) is 147 cm³/mol. The van der Waals surface area contributed by atoms with E-state index in [9.17, 15) is 14.4 Å². The van der Waals surface area contributed by atoms with Gasteiger partial charge >= 0.3 is 6.09 Å². The number of amides is 3. The molecule has 0 spiro atoms. The van der Waals surface area contributed by atoms with Gasteiger partial charge in [0.15, 0.2) is 0 Å². The highest BCUT2D eigenvalue weighted by molar-refractivity contribution is 5.98. The molecule has 2 heterocycles. The quantitative estimate of drug-likeness (QED) is 0.552. The van der Waals surface area contributed by atoms with Crippen LogP contribution >= 0.6 is 0 Å². The first kappa shape index (κ1) is 26.7. The number of nitrogens with two attached hydrogens (primary N) is 1. The normalized spacial score (nSPS) is 28.8. The monoisotopic (exact) mass is 548 g/mol. The number of ether oxygens (including phenoxy) is 1. The van der Waals surface area contributed by atoms with E-state index >= 15 is 4.39 Å². The molecule has 1 saturated heterocycles. The number of benzene rings is 2. The van der Waals surface area contributed by atoms with Crippen molar-refractivity contribution in [1.82, 2.24) is 15.1 Å². The molecule has 2 saturated carbocycles. The molecule has 2 bridgehead atoms. The number of hydrogen-bond donors (Lipinski definition) is 2. The summed E-state index contributed by atoms with van der Waals surface area (Å²) in [6, 6.07) is 9.88. The summed E-state index contributed by atoms with van der Waals surface area (Å²) in [5.74, 6) is 0.709. The van der Waals surface area contributed by atoms with Gasteiger partial charge in [0, 0.05) is 31.6 Å². The summed E-state index contributed by atoms with van der Waals surface area (Å²) >= 11 is 0. The molecule has 3 N–H and O–H groups in total. The Morgan fingerprint density at radius 3 is 2.55 bits per heavy atom. The topological polar surface area (TPSA) is 105 Å². The van der Waals surface area contributed by atoms with E-state index in [1.54, 1.807) is 29.0 Å². The lowest BCUT2D eigenvalue weighted by Gasteiger charge is -2.35. The van der Waals surface area contributed by atoms with E-state index in [4.69, 9.17) is 10.5 Å². The summed E-state index contributed by atoms with van der Waals surface area (Å²) in [6.45, 7) is 8.16. The maximum absolute atomic E-state index is 15.2. The molecule has 0 aromatic heterocycles. The van der Waals surface area contributed by atoms with Crippen molar-refractivity contribution in [2.45, 2.75) is 70.9 Å². The Bertz CT molecular complexity index is 1400. The molecule has 40 heavy (non-hydrogen) atoms. The number of fused-ring (bicyclic) bond motifs is 6. The zero-order valence-corrected chi connectivity index (χ0v) is 23.6. The van der Waals surface area contributed by atoms with Crippen molar-refractivity contribution in [2.75, 3.05) is 7.05 Å². The SMILES string of the molecule is CC1C2C3CC(C12)N(C(=O)OC(C)(C)C)C3C(=O)NC(N)Cc1ccc(-c2ccc3c(c2)CN(C)C3=O)cc1F. The van der Waals surface area contributed by atoms with Gasteiger partial charge in [0.2, 0.25) is 5.91 Å². The third-order valence-electron chi connectivity index (χ3n) is 9.15. The van der Waals surface area contributed by atoms with E-state index in [0.29, 0.717) is 41.0 Å². The fraction of sp³-hybridized carbons (Fsp3) is 0.516. The second kappa shape index (κ2) is 9.29. The number of nitrogens with one attached hydrogen (secondary N) is 1. The molecule has 2 aromatic rings. The van der Waals surface area contributed by atoms with Crippen LogP contribution in [-0.4, -0.2) is 58.6 Å². The number of carbonyl (C=O) groups is 3. The summed E-state index contributed by atoms with van der Waals surface area (Å²) in [5.41, 5.74) is 9.16. The van der Waals surface area contributed by atoms with Gasteiger partial charge in [-0.05, 0) is 91.3 Å². The number of rotatable bonds is 5. The van der Waals surface area contributed by atoms with Crippen LogP contribution in [-0.2, 0) is 22.5 Å². The van der Waals surface area contributed by atoms with E-state index < -0.39 is 29.7 Å². The molecule has 212 valence electrons. The van der Waals surface area contributed by atoms with Crippen LogP contribution in [0.5, 0.6) is 0 Å². The standard InChI is InChI=1S/C31H37FN4O4/c1-15-25-21-13-23(26(15)25)36(30(39)40-31(2,3)4)27(21)28(37)34-24(33)12-18-7-6-17(11-22(18)32)16-8-9-20-19(10-16)14-35(5)29(20)38/h6-11,15,21,23-27H,12-14,33H2,1-5H3,(H,34,37). The highest BCUT2D eigenvalue weighted by Gasteiger charge is 2.71. The van der Waals surface area contributed by atoms with E-state index in [1.807, 2.05) is 39.0 Å². The molecule has 7 atom stereocenters. The first-order chi connectivity index (χ1) is 18.8. The van der Waals surface area contributed by atoms with Gasteiger partial charge in [-0.25, -0.2) is 9.18 Å². The van der Waals surface area contributed by atoms with Crippen LogP contribution in [0.25, 0.3) is 11.1 Å². The summed E-state index contributed by atoms with van der Waals surface area (Å²) < 4.78 is 20.8. The molecular weight excluding hydrogens is 511 g/mol. The molecular formula is C31H37FN4O4. The molecule has 9 heteroatoms. The first-order valence-corrected chi connectivity index (χ1v) is 14.1. The van der Waals surface area contributed by atoms with Gasteiger partial charge in [-0.2, -0.15) is 0 Å². The van der Waals surface area contributed by atoms with Crippen molar-refractivity contribution in [3.8, 4) is 11.1 Å².